The van der Waals surface area contributed by atoms with Crippen LogP contribution in [0.25, 0.3) is 10.9 Å². The van der Waals surface area contributed by atoms with Gasteiger partial charge in [-0.3, -0.25) is 14.2 Å². The average Bonchev–Trinajstić information content (AvgIpc) is 3.34. The SMILES string of the molecule is O=C(NCC1CCCO1)c1ccc(Cn2cnc3ccccc3c2=O)o1. The zero-order chi connectivity index (χ0) is 17.9. The molecule has 0 saturated carbocycles. The van der Waals surface area contributed by atoms with Gasteiger partial charge < -0.3 is 14.5 Å². The zero-order valence-electron chi connectivity index (χ0n) is 14.2. The predicted octanol–water partition coefficient (Wildman–Crippen LogP) is 1.95. The maximum absolute atomic E-state index is 12.5. The van der Waals surface area contributed by atoms with Gasteiger partial charge in [-0.05, 0) is 37.1 Å². The molecule has 7 heteroatoms. The molecule has 1 N–H and O–H groups in total. The van der Waals surface area contributed by atoms with Crippen LogP contribution in [0, 0.1) is 0 Å². The Morgan fingerprint density at radius 2 is 2.15 bits per heavy atom. The molecule has 2 aromatic heterocycles. The summed E-state index contributed by atoms with van der Waals surface area (Å²) in [4.78, 5) is 29.0. The Kier molecular flexibility index (Phi) is 4.53. The van der Waals surface area contributed by atoms with Crippen molar-refractivity contribution in [3.05, 3.63) is 64.6 Å². The number of furan rings is 1. The fraction of sp³-hybridized carbons (Fsp3) is 0.316. The molecule has 1 saturated heterocycles. The van der Waals surface area contributed by atoms with E-state index >= 15 is 0 Å². The number of benzene rings is 1. The molecule has 0 spiro atoms. The van der Waals surface area contributed by atoms with E-state index in [0.717, 1.165) is 19.4 Å². The van der Waals surface area contributed by atoms with E-state index in [1.54, 1.807) is 30.3 Å². The number of fused-ring (bicyclic) bond motifs is 1. The molecule has 1 aliphatic rings. The fourth-order valence-corrected chi connectivity index (χ4v) is 3.07. The van der Waals surface area contributed by atoms with Crippen molar-refractivity contribution in [1.82, 2.24) is 14.9 Å². The Labute approximate surface area is 149 Å². The van der Waals surface area contributed by atoms with E-state index in [1.165, 1.54) is 10.9 Å². The molecule has 3 aromatic rings. The summed E-state index contributed by atoms with van der Waals surface area (Å²) in [5.74, 6) is 0.460. The highest BCUT2D eigenvalue weighted by Gasteiger charge is 2.18. The number of nitrogens with zero attached hydrogens (tertiary/aromatic N) is 2. The van der Waals surface area contributed by atoms with Gasteiger partial charge in [-0.15, -0.1) is 0 Å². The molecule has 0 bridgehead atoms. The fourth-order valence-electron chi connectivity index (χ4n) is 3.07. The van der Waals surface area contributed by atoms with Crippen LogP contribution in [-0.4, -0.2) is 34.7 Å². The minimum absolute atomic E-state index is 0.0793. The molecule has 7 nitrogen and oxygen atoms in total. The quantitative estimate of drug-likeness (QED) is 0.758. The molecule has 1 fully saturated rings. The summed E-state index contributed by atoms with van der Waals surface area (Å²) in [5.41, 5.74) is 0.513. The van der Waals surface area contributed by atoms with Crippen LogP contribution in [-0.2, 0) is 11.3 Å². The third-order valence-corrected chi connectivity index (χ3v) is 4.46. The molecule has 1 unspecified atom stereocenters. The monoisotopic (exact) mass is 353 g/mol. The van der Waals surface area contributed by atoms with E-state index < -0.39 is 0 Å². The van der Waals surface area contributed by atoms with E-state index in [-0.39, 0.29) is 29.9 Å². The van der Waals surface area contributed by atoms with Crippen molar-refractivity contribution in [3.8, 4) is 0 Å². The average molecular weight is 353 g/mol. The van der Waals surface area contributed by atoms with E-state index in [4.69, 9.17) is 9.15 Å². The van der Waals surface area contributed by atoms with Crippen molar-refractivity contribution >= 4 is 16.8 Å². The Bertz CT molecular complexity index is 986. The van der Waals surface area contributed by atoms with E-state index in [9.17, 15) is 9.59 Å². The number of rotatable bonds is 5. The Morgan fingerprint density at radius 1 is 1.27 bits per heavy atom. The van der Waals surface area contributed by atoms with Gasteiger partial charge in [-0.1, -0.05) is 12.1 Å². The highest BCUT2D eigenvalue weighted by molar-refractivity contribution is 5.91. The number of amides is 1. The molecule has 0 aliphatic carbocycles. The summed E-state index contributed by atoms with van der Waals surface area (Å²) < 4.78 is 12.5. The second-order valence-electron chi connectivity index (χ2n) is 6.31. The lowest BCUT2D eigenvalue weighted by molar-refractivity contribution is 0.0833. The molecule has 1 aliphatic heterocycles. The lowest BCUT2D eigenvalue weighted by atomic mass is 10.2. The van der Waals surface area contributed by atoms with Gasteiger partial charge in [0, 0.05) is 13.2 Å². The molecule has 0 radical (unpaired) electrons. The highest BCUT2D eigenvalue weighted by atomic mass is 16.5. The van der Waals surface area contributed by atoms with Crippen molar-refractivity contribution in [1.29, 1.82) is 0 Å². The van der Waals surface area contributed by atoms with Crippen molar-refractivity contribution in [2.75, 3.05) is 13.2 Å². The van der Waals surface area contributed by atoms with Crippen LogP contribution in [0.2, 0.25) is 0 Å². The summed E-state index contributed by atoms with van der Waals surface area (Å²) in [6.45, 7) is 1.44. The van der Waals surface area contributed by atoms with Gasteiger partial charge in [-0.2, -0.15) is 0 Å². The first kappa shape index (κ1) is 16.5. The zero-order valence-corrected chi connectivity index (χ0v) is 14.2. The third-order valence-electron chi connectivity index (χ3n) is 4.46. The molecule has 1 atom stereocenters. The summed E-state index contributed by atoms with van der Waals surface area (Å²) in [6, 6.07) is 10.5. The summed E-state index contributed by atoms with van der Waals surface area (Å²) in [7, 11) is 0. The second kappa shape index (κ2) is 7.13. The smallest absolute Gasteiger partial charge is 0.287 e. The van der Waals surface area contributed by atoms with Crippen molar-refractivity contribution in [3.63, 3.8) is 0 Å². The lowest BCUT2D eigenvalue weighted by Gasteiger charge is -2.09. The van der Waals surface area contributed by atoms with Crippen molar-refractivity contribution in [2.45, 2.75) is 25.5 Å². The van der Waals surface area contributed by atoms with Crippen LogP contribution in [0.5, 0.6) is 0 Å². The van der Waals surface area contributed by atoms with E-state index in [2.05, 4.69) is 10.3 Å². The number of hydrogen-bond donors (Lipinski definition) is 1. The Hall–Kier alpha value is -2.93. The van der Waals surface area contributed by atoms with Crippen LogP contribution < -0.4 is 10.9 Å². The molecule has 26 heavy (non-hydrogen) atoms. The number of carbonyl (C=O) groups excluding carboxylic acids is 1. The van der Waals surface area contributed by atoms with Crippen molar-refractivity contribution < 1.29 is 13.9 Å². The highest BCUT2D eigenvalue weighted by Crippen LogP contribution is 2.13. The van der Waals surface area contributed by atoms with E-state index in [0.29, 0.717) is 23.2 Å². The summed E-state index contributed by atoms with van der Waals surface area (Å²) in [5, 5.41) is 3.37. The predicted molar refractivity (Wildman–Crippen MR) is 95.1 cm³/mol. The van der Waals surface area contributed by atoms with Gasteiger partial charge in [0.1, 0.15) is 5.76 Å². The Morgan fingerprint density at radius 3 is 3.00 bits per heavy atom. The first-order chi connectivity index (χ1) is 12.7. The third kappa shape index (κ3) is 3.39. The minimum Gasteiger partial charge on any atom is -0.454 e. The summed E-state index contributed by atoms with van der Waals surface area (Å²) >= 11 is 0. The molecule has 1 aromatic carbocycles. The first-order valence-corrected chi connectivity index (χ1v) is 8.63. The Balaban J connectivity index is 1.45. The van der Waals surface area contributed by atoms with Gasteiger partial charge in [0.2, 0.25) is 0 Å². The van der Waals surface area contributed by atoms with Crippen LogP contribution in [0.4, 0.5) is 0 Å². The van der Waals surface area contributed by atoms with Gasteiger partial charge in [0.15, 0.2) is 5.76 Å². The number of ether oxygens (including phenoxy) is 1. The van der Waals surface area contributed by atoms with Gasteiger partial charge >= 0.3 is 0 Å². The van der Waals surface area contributed by atoms with Crippen molar-refractivity contribution in [2.24, 2.45) is 0 Å². The molecular formula is C19H19N3O4. The first-order valence-electron chi connectivity index (χ1n) is 8.63. The standard InChI is InChI=1S/C19H19N3O4/c23-18(20-10-13-4-3-9-25-13)17-8-7-14(26-17)11-22-12-21-16-6-2-1-5-15(16)19(22)24/h1-2,5-8,12-13H,3-4,9-11H2,(H,20,23). The maximum atomic E-state index is 12.5. The van der Waals surface area contributed by atoms with Crippen LogP contribution in [0.1, 0.15) is 29.2 Å². The minimum atomic E-state index is -0.282. The molecular weight excluding hydrogens is 334 g/mol. The molecule has 4 rings (SSSR count). The maximum Gasteiger partial charge on any atom is 0.287 e. The van der Waals surface area contributed by atoms with E-state index in [1.807, 2.05) is 6.07 Å². The van der Waals surface area contributed by atoms with Crippen LogP contribution in [0.15, 0.2) is 51.9 Å². The molecule has 3 heterocycles. The number of hydrogen-bond acceptors (Lipinski definition) is 5. The summed E-state index contributed by atoms with van der Waals surface area (Å²) in [6.07, 6.45) is 3.56. The number of aromatic nitrogens is 2. The molecule has 134 valence electrons. The van der Waals surface area contributed by atoms with Gasteiger partial charge in [-0.25, -0.2) is 4.98 Å². The number of para-hydroxylation sites is 1. The van der Waals surface area contributed by atoms with Crippen LogP contribution >= 0.6 is 0 Å². The van der Waals surface area contributed by atoms with Gasteiger partial charge in [0.05, 0.1) is 29.9 Å². The number of carbonyl (C=O) groups is 1. The lowest BCUT2D eigenvalue weighted by Crippen LogP contribution is -2.31. The normalized spacial score (nSPS) is 16.8. The van der Waals surface area contributed by atoms with Crippen LogP contribution in [0.3, 0.4) is 0 Å². The second-order valence-corrected chi connectivity index (χ2v) is 6.31. The molecule has 1 amide bonds. The number of nitrogens with one attached hydrogen (secondary N) is 1. The topological polar surface area (TPSA) is 86.4 Å². The van der Waals surface area contributed by atoms with Gasteiger partial charge in [0.25, 0.3) is 11.5 Å². The largest absolute Gasteiger partial charge is 0.454 e.